The fourth-order valence-corrected chi connectivity index (χ4v) is 3.57. The highest BCUT2D eigenvalue weighted by molar-refractivity contribution is 7.92. The van der Waals surface area contributed by atoms with Crippen molar-refractivity contribution in [2.45, 2.75) is 38.2 Å². The Morgan fingerprint density at radius 1 is 1.11 bits per heavy atom. The van der Waals surface area contributed by atoms with Gasteiger partial charge in [0, 0.05) is 12.6 Å². The number of nitro benzene ring substituents is 1. The largest absolute Gasteiger partial charge is 0.389 e. The van der Waals surface area contributed by atoms with Gasteiger partial charge in [0.1, 0.15) is 5.69 Å². The van der Waals surface area contributed by atoms with Crippen LogP contribution in [0.5, 0.6) is 0 Å². The molecule has 0 spiro atoms. The maximum absolute atomic E-state index is 12.6. The fourth-order valence-electron chi connectivity index (χ4n) is 2.42. The highest BCUT2D eigenvalue weighted by Gasteiger charge is 2.23. The summed E-state index contributed by atoms with van der Waals surface area (Å²) >= 11 is 0. The van der Waals surface area contributed by atoms with Crippen molar-refractivity contribution in [1.29, 1.82) is 0 Å². The molecule has 0 aliphatic heterocycles. The van der Waals surface area contributed by atoms with Crippen LogP contribution in [0, 0.1) is 24.0 Å². The molecule has 27 heavy (non-hydrogen) atoms. The van der Waals surface area contributed by atoms with Gasteiger partial charge < -0.3 is 10.4 Å². The van der Waals surface area contributed by atoms with Crippen molar-refractivity contribution < 1.29 is 18.4 Å². The molecular weight excluding hydrogens is 370 g/mol. The molecule has 2 rings (SSSR count). The summed E-state index contributed by atoms with van der Waals surface area (Å²) in [6.45, 7) is 6.85. The number of aryl methyl sites for hydroxylation is 2. The van der Waals surface area contributed by atoms with Crippen molar-refractivity contribution in [1.82, 2.24) is 0 Å². The summed E-state index contributed by atoms with van der Waals surface area (Å²) < 4.78 is 27.8. The van der Waals surface area contributed by atoms with Gasteiger partial charge in [-0.05, 0) is 51.5 Å². The second kappa shape index (κ2) is 7.53. The van der Waals surface area contributed by atoms with E-state index in [1.165, 1.54) is 12.1 Å². The van der Waals surface area contributed by atoms with E-state index in [-0.39, 0.29) is 22.8 Å². The molecular formula is C18H23N3O5S. The molecule has 2 aromatic carbocycles. The minimum Gasteiger partial charge on any atom is -0.389 e. The maximum atomic E-state index is 12.6. The van der Waals surface area contributed by atoms with E-state index in [0.29, 0.717) is 5.69 Å². The van der Waals surface area contributed by atoms with Crippen LogP contribution in [-0.2, 0) is 10.0 Å². The second-order valence-corrected chi connectivity index (χ2v) is 8.71. The van der Waals surface area contributed by atoms with Gasteiger partial charge in [0.05, 0.1) is 21.1 Å². The first kappa shape index (κ1) is 20.7. The van der Waals surface area contributed by atoms with Crippen molar-refractivity contribution in [2.24, 2.45) is 0 Å². The van der Waals surface area contributed by atoms with Crippen LogP contribution in [0.4, 0.5) is 17.1 Å². The van der Waals surface area contributed by atoms with E-state index in [2.05, 4.69) is 10.0 Å². The molecule has 0 fully saturated rings. The molecule has 0 aliphatic carbocycles. The van der Waals surface area contributed by atoms with Gasteiger partial charge in [0.15, 0.2) is 0 Å². The van der Waals surface area contributed by atoms with Crippen LogP contribution < -0.4 is 10.0 Å². The van der Waals surface area contributed by atoms with Crippen LogP contribution in [-0.4, -0.2) is 30.6 Å². The molecule has 8 nitrogen and oxygen atoms in total. The lowest BCUT2D eigenvalue weighted by atomic mass is 10.1. The molecule has 3 N–H and O–H groups in total. The van der Waals surface area contributed by atoms with E-state index >= 15 is 0 Å². The number of rotatable bonds is 7. The van der Waals surface area contributed by atoms with E-state index in [4.69, 9.17) is 0 Å². The zero-order valence-corrected chi connectivity index (χ0v) is 16.4. The number of sulfonamides is 1. The first-order chi connectivity index (χ1) is 12.4. The number of nitrogens with one attached hydrogen (secondary N) is 2. The molecule has 0 heterocycles. The quantitative estimate of drug-likeness (QED) is 0.490. The van der Waals surface area contributed by atoms with E-state index < -0.39 is 20.5 Å². The zero-order valence-electron chi connectivity index (χ0n) is 15.6. The van der Waals surface area contributed by atoms with Gasteiger partial charge in [-0.15, -0.1) is 0 Å². The monoisotopic (exact) mass is 393 g/mol. The Balaban J connectivity index is 2.36. The molecule has 0 saturated heterocycles. The van der Waals surface area contributed by atoms with Gasteiger partial charge >= 0.3 is 0 Å². The summed E-state index contributed by atoms with van der Waals surface area (Å²) in [5.74, 6) is 0. The van der Waals surface area contributed by atoms with Crippen molar-refractivity contribution >= 4 is 27.1 Å². The third-order valence-corrected chi connectivity index (χ3v) is 5.18. The minimum atomic E-state index is -4.00. The molecule has 0 amide bonds. The number of nitro groups is 1. The SMILES string of the molecule is Cc1ccc(NS(=O)(=O)c2ccc(NCC(C)(C)O)c([N+](=O)[O-])c2)c(C)c1. The summed E-state index contributed by atoms with van der Waals surface area (Å²) in [6.07, 6.45) is 0. The van der Waals surface area contributed by atoms with Crippen LogP contribution in [0.15, 0.2) is 41.3 Å². The number of hydrogen-bond acceptors (Lipinski definition) is 6. The summed E-state index contributed by atoms with van der Waals surface area (Å²) in [6, 6.07) is 8.86. The lowest BCUT2D eigenvalue weighted by Crippen LogP contribution is -2.29. The predicted octanol–water partition coefficient (Wildman–Crippen LogP) is 3.20. The second-order valence-electron chi connectivity index (χ2n) is 7.03. The highest BCUT2D eigenvalue weighted by atomic mass is 32.2. The summed E-state index contributed by atoms with van der Waals surface area (Å²) in [5, 5.41) is 23.9. The average molecular weight is 393 g/mol. The van der Waals surface area contributed by atoms with E-state index in [1.807, 2.05) is 13.0 Å². The third kappa shape index (κ3) is 5.41. The van der Waals surface area contributed by atoms with Gasteiger partial charge in [-0.25, -0.2) is 8.42 Å². The van der Waals surface area contributed by atoms with Crippen LogP contribution in [0.25, 0.3) is 0 Å². The molecule has 9 heteroatoms. The van der Waals surface area contributed by atoms with E-state index in [0.717, 1.165) is 17.2 Å². The van der Waals surface area contributed by atoms with Crippen LogP contribution >= 0.6 is 0 Å². The van der Waals surface area contributed by atoms with Crippen molar-refractivity contribution in [3.05, 3.63) is 57.6 Å². The average Bonchev–Trinajstić information content (AvgIpc) is 2.54. The van der Waals surface area contributed by atoms with Gasteiger partial charge in [0.25, 0.3) is 15.7 Å². The van der Waals surface area contributed by atoms with Crippen molar-refractivity contribution in [3.8, 4) is 0 Å². The van der Waals surface area contributed by atoms with Gasteiger partial charge in [0.2, 0.25) is 0 Å². The Hall–Kier alpha value is -2.65. The Labute approximate surface area is 158 Å². The summed E-state index contributed by atoms with van der Waals surface area (Å²) in [7, 11) is -4.00. The number of hydrogen-bond donors (Lipinski definition) is 3. The normalized spacial score (nSPS) is 11.9. The minimum absolute atomic E-state index is 0.0702. The lowest BCUT2D eigenvalue weighted by Gasteiger charge is -2.18. The number of anilines is 2. The van der Waals surface area contributed by atoms with Crippen LogP contribution in [0.1, 0.15) is 25.0 Å². The van der Waals surface area contributed by atoms with Crippen molar-refractivity contribution in [3.63, 3.8) is 0 Å². The van der Waals surface area contributed by atoms with Crippen molar-refractivity contribution in [2.75, 3.05) is 16.6 Å². The highest BCUT2D eigenvalue weighted by Crippen LogP contribution is 2.29. The first-order valence-electron chi connectivity index (χ1n) is 8.24. The Kier molecular flexibility index (Phi) is 5.76. The molecule has 0 atom stereocenters. The van der Waals surface area contributed by atoms with Crippen LogP contribution in [0.2, 0.25) is 0 Å². The van der Waals surface area contributed by atoms with Gasteiger partial charge in [-0.3, -0.25) is 14.8 Å². The Morgan fingerprint density at radius 2 is 1.74 bits per heavy atom. The molecule has 146 valence electrons. The molecule has 0 unspecified atom stereocenters. The summed E-state index contributed by atoms with van der Waals surface area (Å²) in [4.78, 5) is 10.5. The maximum Gasteiger partial charge on any atom is 0.293 e. The number of aliphatic hydroxyl groups is 1. The number of nitrogens with zero attached hydrogens (tertiary/aromatic N) is 1. The molecule has 0 aliphatic rings. The number of benzene rings is 2. The zero-order chi connectivity index (χ0) is 20.4. The molecule has 0 radical (unpaired) electrons. The van der Waals surface area contributed by atoms with E-state index in [1.54, 1.807) is 32.9 Å². The molecule has 0 aromatic heterocycles. The molecule has 2 aromatic rings. The molecule has 0 saturated carbocycles. The predicted molar refractivity (Wildman–Crippen MR) is 105 cm³/mol. The smallest absolute Gasteiger partial charge is 0.293 e. The Morgan fingerprint density at radius 3 is 2.30 bits per heavy atom. The third-order valence-electron chi connectivity index (χ3n) is 3.81. The van der Waals surface area contributed by atoms with Crippen LogP contribution in [0.3, 0.4) is 0 Å². The summed E-state index contributed by atoms with van der Waals surface area (Å²) in [5.41, 5.74) is 0.816. The molecule has 0 bridgehead atoms. The van der Waals surface area contributed by atoms with Gasteiger partial charge in [-0.2, -0.15) is 0 Å². The topological polar surface area (TPSA) is 122 Å². The lowest BCUT2D eigenvalue weighted by molar-refractivity contribution is -0.384. The Bertz CT molecular complexity index is 965. The fraction of sp³-hybridized carbons (Fsp3) is 0.333. The van der Waals surface area contributed by atoms with Gasteiger partial charge in [-0.1, -0.05) is 17.7 Å². The first-order valence-corrected chi connectivity index (χ1v) is 9.72. The standard InChI is InChI=1S/C18H23N3O5S/c1-12-5-7-15(13(2)9-12)20-27(25,26)14-6-8-16(17(10-14)21(23)24)19-11-18(3,4)22/h5-10,19-20,22H,11H2,1-4H3. The van der Waals surface area contributed by atoms with E-state index in [9.17, 15) is 23.6 Å².